The number of fused-ring (bicyclic) bond motifs is 1. The molecule has 0 aliphatic heterocycles. The maximum Gasteiger partial charge on any atom is 0.268 e. The molecule has 1 aromatic heterocycles. The maximum absolute atomic E-state index is 14.1. The van der Waals surface area contributed by atoms with Crippen molar-refractivity contribution in [1.82, 2.24) is 9.88 Å². The molecule has 0 saturated carbocycles. The van der Waals surface area contributed by atoms with Crippen LogP contribution in [0.1, 0.15) is 58.3 Å². The van der Waals surface area contributed by atoms with Crippen LogP contribution in [0.4, 0.5) is 10.1 Å². The molecule has 40 heavy (non-hydrogen) atoms. The van der Waals surface area contributed by atoms with Gasteiger partial charge in [0, 0.05) is 29.7 Å². The van der Waals surface area contributed by atoms with E-state index in [2.05, 4.69) is 55.7 Å². The SMILES string of the molecule is CC(C)(C)c1ccc(Cn2c(C(=O)NCc3ccccc3)cc3cc(NC(=O)c4ccccc4F)ccc32)cc1. The van der Waals surface area contributed by atoms with Crippen molar-refractivity contribution >= 4 is 28.4 Å². The molecular weight excluding hydrogens is 501 g/mol. The lowest BCUT2D eigenvalue weighted by atomic mass is 9.87. The van der Waals surface area contributed by atoms with Gasteiger partial charge in [0.1, 0.15) is 11.5 Å². The third-order valence-electron chi connectivity index (χ3n) is 6.97. The fourth-order valence-corrected chi connectivity index (χ4v) is 4.71. The first-order chi connectivity index (χ1) is 19.2. The third kappa shape index (κ3) is 5.96. The predicted octanol–water partition coefficient (Wildman–Crippen LogP) is 7.31. The Kier molecular flexibility index (Phi) is 7.52. The molecule has 5 nitrogen and oxygen atoms in total. The van der Waals surface area contributed by atoms with Crippen molar-refractivity contribution in [3.8, 4) is 0 Å². The van der Waals surface area contributed by atoms with Gasteiger partial charge in [0.05, 0.1) is 5.56 Å². The number of carbonyl (C=O) groups excluding carboxylic acids is 2. The highest BCUT2D eigenvalue weighted by Crippen LogP contribution is 2.27. The Balaban J connectivity index is 1.47. The number of hydrogen-bond acceptors (Lipinski definition) is 2. The van der Waals surface area contributed by atoms with E-state index >= 15 is 0 Å². The lowest BCUT2D eigenvalue weighted by Crippen LogP contribution is -2.25. The maximum atomic E-state index is 14.1. The Morgan fingerprint density at radius 1 is 0.775 bits per heavy atom. The number of nitrogens with one attached hydrogen (secondary N) is 2. The summed E-state index contributed by atoms with van der Waals surface area (Å²) in [5, 5.41) is 6.61. The summed E-state index contributed by atoms with van der Waals surface area (Å²) < 4.78 is 16.1. The van der Waals surface area contributed by atoms with Gasteiger partial charge >= 0.3 is 0 Å². The minimum Gasteiger partial charge on any atom is -0.347 e. The van der Waals surface area contributed by atoms with Crippen LogP contribution in [-0.4, -0.2) is 16.4 Å². The van der Waals surface area contributed by atoms with E-state index in [1.807, 2.05) is 47.0 Å². The number of carbonyl (C=O) groups is 2. The Hall–Kier alpha value is -4.71. The highest BCUT2D eigenvalue weighted by atomic mass is 19.1. The summed E-state index contributed by atoms with van der Waals surface area (Å²) in [5.74, 6) is -1.30. The molecule has 0 aliphatic rings. The van der Waals surface area contributed by atoms with E-state index in [1.165, 1.54) is 17.7 Å². The highest BCUT2D eigenvalue weighted by Gasteiger charge is 2.18. The molecule has 5 rings (SSSR count). The quantitative estimate of drug-likeness (QED) is 0.230. The Bertz CT molecular complexity index is 1670. The smallest absolute Gasteiger partial charge is 0.268 e. The zero-order chi connectivity index (χ0) is 28.3. The van der Waals surface area contributed by atoms with E-state index in [-0.39, 0.29) is 16.9 Å². The Morgan fingerprint density at radius 2 is 1.48 bits per heavy atom. The fraction of sp³-hybridized carbons (Fsp3) is 0.176. The van der Waals surface area contributed by atoms with Gasteiger partial charge in [0.25, 0.3) is 11.8 Å². The minimum absolute atomic E-state index is 0.0279. The molecule has 202 valence electrons. The molecule has 1 heterocycles. The summed E-state index contributed by atoms with van der Waals surface area (Å²) in [6, 6.07) is 31.4. The summed E-state index contributed by atoms with van der Waals surface area (Å²) in [5.41, 5.74) is 5.23. The average Bonchev–Trinajstić information content (AvgIpc) is 3.29. The lowest BCUT2D eigenvalue weighted by Gasteiger charge is -2.19. The lowest BCUT2D eigenvalue weighted by molar-refractivity contribution is 0.0941. The van der Waals surface area contributed by atoms with Crippen LogP contribution in [0.2, 0.25) is 0 Å². The second-order valence-electron chi connectivity index (χ2n) is 10.9. The topological polar surface area (TPSA) is 63.1 Å². The zero-order valence-corrected chi connectivity index (χ0v) is 22.9. The van der Waals surface area contributed by atoms with Crippen molar-refractivity contribution in [3.05, 3.63) is 137 Å². The van der Waals surface area contributed by atoms with Gasteiger partial charge in [0.15, 0.2) is 0 Å². The van der Waals surface area contributed by atoms with Crippen LogP contribution < -0.4 is 10.6 Å². The van der Waals surface area contributed by atoms with Gasteiger partial charge in [-0.2, -0.15) is 0 Å². The zero-order valence-electron chi connectivity index (χ0n) is 22.9. The van der Waals surface area contributed by atoms with E-state index in [4.69, 9.17) is 0 Å². The predicted molar refractivity (Wildman–Crippen MR) is 158 cm³/mol. The van der Waals surface area contributed by atoms with Crippen LogP contribution in [0, 0.1) is 5.82 Å². The fourth-order valence-electron chi connectivity index (χ4n) is 4.71. The first-order valence-electron chi connectivity index (χ1n) is 13.3. The van der Waals surface area contributed by atoms with Crippen molar-refractivity contribution in [3.63, 3.8) is 0 Å². The summed E-state index contributed by atoms with van der Waals surface area (Å²) in [4.78, 5) is 26.1. The standard InChI is InChI=1S/C34H32FN3O2/c1-34(2,3)26-15-13-24(14-16-26)22-38-30-18-17-27(37-32(39)28-11-7-8-12-29(28)35)19-25(30)20-31(38)33(40)36-21-23-9-5-4-6-10-23/h4-20H,21-22H2,1-3H3,(H,36,40)(H,37,39). The van der Waals surface area contributed by atoms with Gasteiger partial charge in [-0.05, 0) is 58.5 Å². The van der Waals surface area contributed by atoms with Crippen molar-refractivity contribution in [1.29, 1.82) is 0 Å². The molecule has 0 saturated heterocycles. The average molecular weight is 534 g/mol. The van der Waals surface area contributed by atoms with Crippen molar-refractivity contribution in [2.45, 2.75) is 39.3 Å². The van der Waals surface area contributed by atoms with Gasteiger partial charge in [0.2, 0.25) is 0 Å². The van der Waals surface area contributed by atoms with Gasteiger partial charge in [-0.3, -0.25) is 9.59 Å². The molecule has 2 N–H and O–H groups in total. The minimum atomic E-state index is -0.581. The molecule has 4 aromatic carbocycles. The van der Waals surface area contributed by atoms with Gasteiger partial charge in [-0.1, -0.05) is 87.5 Å². The number of anilines is 1. The van der Waals surface area contributed by atoms with Gasteiger partial charge < -0.3 is 15.2 Å². The molecular formula is C34H32FN3O2. The Labute approximate surface area is 233 Å². The number of hydrogen-bond donors (Lipinski definition) is 2. The van der Waals surface area contributed by atoms with Crippen LogP contribution >= 0.6 is 0 Å². The van der Waals surface area contributed by atoms with Crippen LogP contribution in [-0.2, 0) is 18.5 Å². The summed E-state index contributed by atoms with van der Waals surface area (Å²) >= 11 is 0. The van der Waals surface area contributed by atoms with Gasteiger partial charge in [-0.25, -0.2) is 4.39 Å². The number of benzene rings is 4. The molecule has 0 unspecified atom stereocenters. The van der Waals surface area contributed by atoms with Crippen LogP contribution in [0.3, 0.4) is 0 Å². The van der Waals surface area contributed by atoms with Crippen LogP contribution in [0.25, 0.3) is 10.9 Å². The van der Waals surface area contributed by atoms with Crippen molar-refractivity contribution in [2.24, 2.45) is 0 Å². The third-order valence-corrected chi connectivity index (χ3v) is 6.97. The first-order valence-corrected chi connectivity index (χ1v) is 13.3. The number of rotatable bonds is 7. The second kappa shape index (κ2) is 11.2. The molecule has 0 bridgehead atoms. The summed E-state index contributed by atoms with van der Waals surface area (Å²) in [6.07, 6.45) is 0. The molecule has 0 spiro atoms. The van der Waals surface area contributed by atoms with Gasteiger partial charge in [-0.15, -0.1) is 0 Å². The van der Waals surface area contributed by atoms with E-state index in [0.29, 0.717) is 24.5 Å². The van der Waals surface area contributed by atoms with E-state index in [9.17, 15) is 14.0 Å². The molecule has 0 aliphatic carbocycles. The molecule has 0 atom stereocenters. The van der Waals surface area contributed by atoms with E-state index in [1.54, 1.807) is 24.3 Å². The second-order valence-corrected chi connectivity index (χ2v) is 10.9. The van der Waals surface area contributed by atoms with Crippen LogP contribution in [0.15, 0.2) is 103 Å². The molecule has 2 amide bonds. The monoisotopic (exact) mass is 533 g/mol. The largest absolute Gasteiger partial charge is 0.347 e. The molecule has 6 heteroatoms. The number of aromatic nitrogens is 1. The van der Waals surface area contributed by atoms with Crippen molar-refractivity contribution < 1.29 is 14.0 Å². The number of nitrogens with zero attached hydrogens (tertiary/aromatic N) is 1. The van der Waals surface area contributed by atoms with E-state index < -0.39 is 11.7 Å². The molecule has 0 fully saturated rings. The summed E-state index contributed by atoms with van der Waals surface area (Å²) in [6.45, 7) is 7.45. The highest BCUT2D eigenvalue weighted by molar-refractivity contribution is 6.06. The Morgan fingerprint density at radius 3 is 2.17 bits per heavy atom. The number of halogens is 1. The summed E-state index contributed by atoms with van der Waals surface area (Å²) in [7, 11) is 0. The molecule has 5 aromatic rings. The number of amides is 2. The normalized spacial score (nSPS) is 11.4. The van der Waals surface area contributed by atoms with Crippen molar-refractivity contribution in [2.75, 3.05) is 5.32 Å². The van der Waals surface area contributed by atoms with E-state index in [0.717, 1.165) is 22.0 Å². The first kappa shape index (κ1) is 26.9. The van der Waals surface area contributed by atoms with Crippen LogP contribution in [0.5, 0.6) is 0 Å². The molecule has 0 radical (unpaired) electrons.